The van der Waals surface area contributed by atoms with E-state index in [9.17, 15) is 27.6 Å². The Morgan fingerprint density at radius 1 is 0.956 bits per heavy atom. The van der Waals surface area contributed by atoms with Gasteiger partial charge < -0.3 is 20.5 Å². The number of ether oxygens (including phenoxy) is 1. The maximum Gasteiger partial charge on any atom is 0.573 e. The number of alkyl halides is 3. The molecule has 4 aromatic rings. The van der Waals surface area contributed by atoms with Crippen molar-refractivity contribution in [3.8, 4) is 16.2 Å². The molecule has 0 bridgehead atoms. The molecule has 8 nitrogen and oxygen atoms in total. The third kappa shape index (κ3) is 9.39. The predicted octanol–water partition coefficient (Wildman–Crippen LogP) is 7.53. The Kier molecular flexibility index (Phi) is 10.9. The zero-order valence-corrected chi connectivity index (χ0v) is 25.4. The Bertz CT molecular complexity index is 1600. The van der Waals surface area contributed by atoms with Crippen LogP contribution in [0.5, 0.6) is 5.75 Å². The maximum atomic E-state index is 14.0. The van der Waals surface area contributed by atoms with E-state index in [-0.39, 0.29) is 18.9 Å². The SMILES string of the molecule is CCCC(c1ccc(C(=O)NCCC(=O)O)cc1)[C@H](C(=O)Nc1ccc(-c2cnc(C)s2)cc1)c1ccc(OC(F)(F)F)cc1. The fourth-order valence-corrected chi connectivity index (χ4v) is 5.76. The molecular weight excluding hydrogens is 607 g/mol. The summed E-state index contributed by atoms with van der Waals surface area (Å²) in [7, 11) is 0. The van der Waals surface area contributed by atoms with Crippen LogP contribution in [0.4, 0.5) is 18.9 Å². The topological polar surface area (TPSA) is 118 Å². The van der Waals surface area contributed by atoms with E-state index in [0.717, 1.165) is 21.0 Å². The van der Waals surface area contributed by atoms with Crippen LogP contribution in [0, 0.1) is 6.92 Å². The van der Waals surface area contributed by atoms with Crippen LogP contribution in [0.2, 0.25) is 0 Å². The Balaban J connectivity index is 1.63. The number of carbonyl (C=O) groups excluding carboxylic acids is 2. The van der Waals surface area contributed by atoms with Crippen molar-refractivity contribution in [1.82, 2.24) is 10.3 Å². The molecule has 0 aliphatic rings. The number of benzene rings is 3. The molecule has 12 heteroatoms. The van der Waals surface area contributed by atoms with Crippen molar-refractivity contribution < 1.29 is 37.4 Å². The first kappa shape index (κ1) is 33.2. The molecule has 0 spiro atoms. The first-order valence-corrected chi connectivity index (χ1v) is 15.0. The molecule has 2 atom stereocenters. The van der Waals surface area contributed by atoms with E-state index in [4.69, 9.17) is 5.11 Å². The fraction of sp³-hybridized carbons (Fsp3) is 0.273. The molecule has 3 N–H and O–H groups in total. The van der Waals surface area contributed by atoms with E-state index < -0.39 is 35.8 Å². The number of nitrogens with zero attached hydrogens (tertiary/aromatic N) is 1. The van der Waals surface area contributed by atoms with Crippen molar-refractivity contribution in [2.24, 2.45) is 0 Å². The Hall–Kier alpha value is -4.71. The van der Waals surface area contributed by atoms with Gasteiger partial charge in [0.2, 0.25) is 5.91 Å². The number of aliphatic carboxylic acids is 1. The number of carboxylic acid groups (broad SMARTS) is 1. The van der Waals surface area contributed by atoms with Crippen LogP contribution >= 0.6 is 11.3 Å². The van der Waals surface area contributed by atoms with Crippen molar-refractivity contribution in [3.05, 3.63) is 101 Å². The quantitative estimate of drug-likeness (QED) is 0.139. The molecule has 0 aliphatic carbocycles. The Morgan fingerprint density at radius 3 is 2.16 bits per heavy atom. The largest absolute Gasteiger partial charge is 0.573 e. The number of halogens is 3. The molecule has 0 aliphatic heterocycles. The van der Waals surface area contributed by atoms with Gasteiger partial charge in [0, 0.05) is 24.0 Å². The van der Waals surface area contributed by atoms with E-state index >= 15 is 0 Å². The maximum absolute atomic E-state index is 14.0. The van der Waals surface area contributed by atoms with Crippen LogP contribution in [0.25, 0.3) is 10.4 Å². The highest BCUT2D eigenvalue weighted by atomic mass is 32.1. The summed E-state index contributed by atoms with van der Waals surface area (Å²) in [5, 5.41) is 15.3. The molecule has 1 heterocycles. The van der Waals surface area contributed by atoms with Gasteiger partial charge >= 0.3 is 12.3 Å². The molecule has 0 fully saturated rings. The average Bonchev–Trinajstić information content (AvgIpc) is 3.43. The number of rotatable bonds is 13. The molecule has 1 aromatic heterocycles. The molecule has 1 unspecified atom stereocenters. The fourth-order valence-electron chi connectivity index (χ4n) is 4.98. The van der Waals surface area contributed by atoms with Crippen molar-refractivity contribution in [2.45, 2.75) is 51.3 Å². The van der Waals surface area contributed by atoms with E-state index in [0.29, 0.717) is 29.7 Å². The number of amides is 2. The van der Waals surface area contributed by atoms with Crippen LogP contribution in [0.1, 0.15) is 64.5 Å². The lowest BCUT2D eigenvalue weighted by Crippen LogP contribution is -2.27. The number of aryl methyl sites for hydroxylation is 1. The summed E-state index contributed by atoms with van der Waals surface area (Å²) in [4.78, 5) is 42.5. The van der Waals surface area contributed by atoms with Crippen LogP contribution < -0.4 is 15.4 Å². The van der Waals surface area contributed by atoms with Crippen LogP contribution in [-0.4, -0.2) is 40.8 Å². The number of thiazole rings is 1. The molecule has 3 aromatic carbocycles. The number of carboxylic acids is 1. The third-order valence-corrected chi connectivity index (χ3v) is 8.00. The summed E-state index contributed by atoms with van der Waals surface area (Å²) in [6.45, 7) is 3.87. The third-order valence-electron chi connectivity index (χ3n) is 7.04. The first-order chi connectivity index (χ1) is 21.4. The lowest BCUT2D eigenvalue weighted by atomic mass is 9.78. The van der Waals surface area contributed by atoms with Crippen molar-refractivity contribution in [2.75, 3.05) is 11.9 Å². The minimum absolute atomic E-state index is 0.0183. The normalized spacial score (nSPS) is 12.6. The number of aromatic nitrogens is 1. The van der Waals surface area contributed by atoms with Gasteiger partial charge in [0.1, 0.15) is 5.75 Å². The smallest absolute Gasteiger partial charge is 0.481 e. The standard InChI is InChI=1S/C33H32F3N3O5S/c1-3-4-27(21-5-7-24(8-6-21)31(42)37-18-17-29(40)41)30(23-11-15-26(16-12-23)44-33(34,35)36)32(43)39-25-13-9-22(10-14-25)28-19-38-20(2)45-28/h5-16,19,27,30H,3-4,17-18H2,1-2H3,(H,37,42)(H,39,43)(H,40,41)/t27?,30-/m1/s1. The van der Waals surface area contributed by atoms with Gasteiger partial charge in [-0.15, -0.1) is 24.5 Å². The second-order valence-electron chi connectivity index (χ2n) is 10.3. The van der Waals surface area contributed by atoms with Gasteiger partial charge in [-0.2, -0.15) is 0 Å². The number of hydrogen-bond donors (Lipinski definition) is 3. The number of nitrogens with one attached hydrogen (secondary N) is 2. The lowest BCUT2D eigenvalue weighted by molar-refractivity contribution is -0.274. The minimum atomic E-state index is -4.85. The van der Waals surface area contributed by atoms with Gasteiger partial charge in [0.05, 0.1) is 22.2 Å². The second-order valence-corrected chi connectivity index (χ2v) is 11.6. The summed E-state index contributed by atoms with van der Waals surface area (Å²) >= 11 is 1.55. The van der Waals surface area contributed by atoms with Gasteiger partial charge in [-0.3, -0.25) is 14.4 Å². The zero-order chi connectivity index (χ0) is 32.6. The minimum Gasteiger partial charge on any atom is -0.481 e. The van der Waals surface area contributed by atoms with E-state index in [1.54, 1.807) is 53.9 Å². The highest BCUT2D eigenvalue weighted by molar-refractivity contribution is 7.15. The summed E-state index contributed by atoms with van der Waals surface area (Å²) in [5.74, 6) is -3.40. The average molecular weight is 640 g/mol. The molecule has 45 heavy (non-hydrogen) atoms. The molecule has 2 amide bonds. The molecule has 0 saturated heterocycles. The summed E-state index contributed by atoms with van der Waals surface area (Å²) < 4.78 is 42.5. The molecule has 0 saturated carbocycles. The number of anilines is 1. The Morgan fingerprint density at radius 2 is 1.60 bits per heavy atom. The van der Waals surface area contributed by atoms with E-state index in [1.807, 2.05) is 26.0 Å². The molecule has 4 rings (SSSR count). The first-order valence-electron chi connectivity index (χ1n) is 14.2. The number of carbonyl (C=O) groups is 3. The van der Waals surface area contributed by atoms with Crippen molar-refractivity contribution in [3.63, 3.8) is 0 Å². The molecular formula is C33H32F3N3O5S. The zero-order valence-electron chi connectivity index (χ0n) is 24.6. The van der Waals surface area contributed by atoms with Gasteiger partial charge in [0.15, 0.2) is 0 Å². The van der Waals surface area contributed by atoms with E-state index in [1.165, 1.54) is 24.3 Å². The monoisotopic (exact) mass is 639 g/mol. The van der Waals surface area contributed by atoms with Gasteiger partial charge in [-0.25, -0.2) is 4.98 Å². The number of hydrogen-bond acceptors (Lipinski definition) is 6. The van der Waals surface area contributed by atoms with Crippen LogP contribution in [0.3, 0.4) is 0 Å². The van der Waals surface area contributed by atoms with Gasteiger partial charge in [-0.1, -0.05) is 49.7 Å². The van der Waals surface area contributed by atoms with Gasteiger partial charge in [0.25, 0.3) is 5.91 Å². The summed E-state index contributed by atoms with van der Waals surface area (Å²) in [5.41, 5.74) is 3.07. The van der Waals surface area contributed by atoms with Crippen molar-refractivity contribution in [1.29, 1.82) is 0 Å². The second kappa shape index (κ2) is 14.8. The highest BCUT2D eigenvalue weighted by Crippen LogP contribution is 2.39. The predicted molar refractivity (Wildman–Crippen MR) is 165 cm³/mol. The lowest BCUT2D eigenvalue weighted by Gasteiger charge is -2.28. The van der Waals surface area contributed by atoms with Gasteiger partial charge in [-0.05, 0) is 72.4 Å². The van der Waals surface area contributed by atoms with Crippen LogP contribution in [0.15, 0.2) is 79.0 Å². The Labute approximate surface area is 262 Å². The van der Waals surface area contributed by atoms with Crippen LogP contribution in [-0.2, 0) is 9.59 Å². The van der Waals surface area contributed by atoms with E-state index in [2.05, 4.69) is 20.4 Å². The van der Waals surface area contributed by atoms with Crippen molar-refractivity contribution >= 4 is 34.8 Å². The summed E-state index contributed by atoms with van der Waals surface area (Å²) in [6.07, 6.45) is -2.01. The molecule has 236 valence electrons. The molecule has 0 radical (unpaired) electrons. The highest BCUT2D eigenvalue weighted by Gasteiger charge is 2.33. The summed E-state index contributed by atoms with van der Waals surface area (Å²) in [6, 6.07) is 19.3.